The lowest BCUT2D eigenvalue weighted by Crippen LogP contribution is -2.40. The molecule has 3 heterocycles. The molecule has 1 aliphatic heterocycles. The number of hydrogen-bond donors (Lipinski definition) is 1. The molecule has 0 bridgehead atoms. The summed E-state index contributed by atoms with van der Waals surface area (Å²) in [5.41, 5.74) is 0.215. The normalized spacial score (nSPS) is 14.1. The Balaban J connectivity index is 2.16. The Morgan fingerprint density at radius 1 is 1.26 bits per heavy atom. The van der Waals surface area contributed by atoms with Crippen LogP contribution in [-0.2, 0) is 24.4 Å². The molecule has 9 heteroatoms. The minimum atomic E-state index is -0.335. The first-order valence-electron chi connectivity index (χ1n) is 8.87. The summed E-state index contributed by atoms with van der Waals surface area (Å²) in [6.45, 7) is 8.27. The summed E-state index contributed by atoms with van der Waals surface area (Å²) in [5.74, 6) is 0. The molecule has 146 valence electrons. The van der Waals surface area contributed by atoms with Crippen LogP contribution in [0.4, 0.5) is 4.79 Å². The van der Waals surface area contributed by atoms with Crippen molar-refractivity contribution in [3.05, 3.63) is 43.9 Å². The minimum absolute atomic E-state index is 0.105. The van der Waals surface area contributed by atoms with E-state index in [2.05, 4.69) is 11.9 Å². The summed E-state index contributed by atoms with van der Waals surface area (Å²) < 4.78 is 8.02. The summed E-state index contributed by atoms with van der Waals surface area (Å²) in [6, 6.07) is -0.105. The predicted molar refractivity (Wildman–Crippen MR) is 106 cm³/mol. The van der Waals surface area contributed by atoms with Crippen LogP contribution in [0.5, 0.6) is 0 Å². The first-order valence-corrected chi connectivity index (χ1v) is 9.69. The van der Waals surface area contributed by atoms with Crippen LogP contribution in [0, 0.1) is 6.92 Å². The molecule has 0 spiro atoms. The van der Waals surface area contributed by atoms with Crippen molar-refractivity contribution in [1.82, 2.24) is 19.4 Å². The number of fused-ring (bicyclic) bond motifs is 1. The van der Waals surface area contributed by atoms with Gasteiger partial charge in [-0.1, -0.05) is 6.08 Å². The molecular formula is C18H24N4O4S. The highest BCUT2D eigenvalue weighted by atomic mass is 32.1. The molecule has 3 rings (SSSR count). The van der Waals surface area contributed by atoms with E-state index in [9.17, 15) is 14.4 Å². The van der Waals surface area contributed by atoms with Crippen LogP contribution < -0.4 is 16.6 Å². The quantitative estimate of drug-likeness (QED) is 0.686. The van der Waals surface area contributed by atoms with Crippen molar-refractivity contribution in [2.75, 3.05) is 26.8 Å². The number of thiophene rings is 1. The zero-order valence-electron chi connectivity index (χ0n) is 15.6. The van der Waals surface area contributed by atoms with Gasteiger partial charge < -0.3 is 15.0 Å². The molecule has 27 heavy (non-hydrogen) atoms. The average molecular weight is 392 g/mol. The van der Waals surface area contributed by atoms with Crippen molar-refractivity contribution in [2.45, 2.75) is 33.0 Å². The van der Waals surface area contributed by atoms with Crippen LogP contribution in [0.15, 0.2) is 22.2 Å². The number of rotatable bonds is 8. The Hall–Kier alpha value is -2.39. The molecule has 2 aromatic rings. The van der Waals surface area contributed by atoms with Crippen LogP contribution in [0.3, 0.4) is 0 Å². The van der Waals surface area contributed by atoms with Gasteiger partial charge >= 0.3 is 11.7 Å². The van der Waals surface area contributed by atoms with Gasteiger partial charge in [-0.15, -0.1) is 17.9 Å². The molecular weight excluding hydrogens is 368 g/mol. The van der Waals surface area contributed by atoms with Gasteiger partial charge in [0, 0.05) is 31.6 Å². The van der Waals surface area contributed by atoms with Gasteiger partial charge in [0.15, 0.2) is 0 Å². The van der Waals surface area contributed by atoms with Crippen LogP contribution >= 0.6 is 11.3 Å². The molecule has 1 N–H and O–H groups in total. The fourth-order valence-corrected chi connectivity index (χ4v) is 4.55. The molecule has 0 radical (unpaired) electrons. The standard InChI is InChI=1S/C18H24N4O4S/c1-4-5-7-21-15(23)14-12(2)13(11-20-8-6-19-17(20)24)27-16(14)22(18(21)25)9-10-26-3/h4H,1,5-11H2,2-3H3,(H,19,24). The molecule has 1 aliphatic rings. The van der Waals surface area contributed by atoms with Crippen molar-refractivity contribution in [1.29, 1.82) is 0 Å². The number of nitrogens with one attached hydrogen (secondary N) is 1. The van der Waals surface area contributed by atoms with Crippen LogP contribution in [0.1, 0.15) is 16.9 Å². The van der Waals surface area contributed by atoms with Crippen molar-refractivity contribution in [2.24, 2.45) is 0 Å². The molecule has 0 saturated carbocycles. The van der Waals surface area contributed by atoms with Gasteiger partial charge in [-0.2, -0.15) is 0 Å². The lowest BCUT2D eigenvalue weighted by Gasteiger charge is -2.12. The average Bonchev–Trinajstić information content (AvgIpc) is 3.19. The van der Waals surface area contributed by atoms with Crippen molar-refractivity contribution < 1.29 is 9.53 Å². The molecule has 0 aromatic carbocycles. The van der Waals surface area contributed by atoms with Crippen LogP contribution in [-0.4, -0.2) is 46.9 Å². The van der Waals surface area contributed by atoms with Crippen molar-refractivity contribution in [3.8, 4) is 0 Å². The van der Waals surface area contributed by atoms with E-state index in [-0.39, 0.29) is 17.3 Å². The first kappa shape index (κ1) is 19.4. The fraction of sp³-hybridized carbons (Fsp3) is 0.500. The maximum atomic E-state index is 13.0. The van der Waals surface area contributed by atoms with Gasteiger partial charge in [-0.25, -0.2) is 9.59 Å². The van der Waals surface area contributed by atoms with E-state index in [1.54, 1.807) is 22.7 Å². The fourth-order valence-electron chi connectivity index (χ4n) is 3.22. The highest BCUT2D eigenvalue weighted by Crippen LogP contribution is 2.29. The third kappa shape index (κ3) is 3.57. The molecule has 0 unspecified atom stereocenters. The van der Waals surface area contributed by atoms with Gasteiger partial charge in [-0.3, -0.25) is 13.9 Å². The number of amides is 2. The highest BCUT2D eigenvalue weighted by molar-refractivity contribution is 7.18. The van der Waals surface area contributed by atoms with Crippen LogP contribution in [0.2, 0.25) is 0 Å². The maximum absolute atomic E-state index is 13.0. The van der Waals surface area contributed by atoms with Gasteiger partial charge in [-0.05, 0) is 18.9 Å². The number of aromatic nitrogens is 2. The summed E-state index contributed by atoms with van der Waals surface area (Å²) >= 11 is 1.40. The molecule has 0 atom stereocenters. The first-order chi connectivity index (χ1) is 13.0. The topological polar surface area (TPSA) is 85.6 Å². The Labute approximate surface area is 160 Å². The van der Waals surface area contributed by atoms with Gasteiger partial charge in [0.1, 0.15) is 4.83 Å². The second kappa shape index (κ2) is 8.10. The highest BCUT2D eigenvalue weighted by Gasteiger charge is 2.24. The van der Waals surface area contributed by atoms with E-state index in [0.717, 1.165) is 10.4 Å². The summed E-state index contributed by atoms with van der Waals surface area (Å²) in [5, 5.41) is 3.33. The Kier molecular flexibility index (Phi) is 5.81. The van der Waals surface area contributed by atoms with Crippen molar-refractivity contribution in [3.63, 3.8) is 0 Å². The lowest BCUT2D eigenvalue weighted by molar-refractivity contribution is 0.186. The molecule has 0 aliphatic carbocycles. The summed E-state index contributed by atoms with van der Waals surface area (Å²) in [7, 11) is 1.58. The van der Waals surface area contributed by atoms with E-state index >= 15 is 0 Å². The maximum Gasteiger partial charge on any atom is 0.332 e. The number of ether oxygens (including phenoxy) is 1. The van der Waals surface area contributed by atoms with Gasteiger partial charge in [0.25, 0.3) is 5.56 Å². The smallest absolute Gasteiger partial charge is 0.332 e. The third-order valence-electron chi connectivity index (χ3n) is 4.75. The van der Waals surface area contributed by atoms with Crippen LogP contribution in [0.25, 0.3) is 10.2 Å². The molecule has 2 amide bonds. The number of methoxy groups -OCH3 is 1. The van der Waals surface area contributed by atoms with E-state index in [4.69, 9.17) is 4.74 Å². The SMILES string of the molecule is C=CCCn1c(=O)c2c(C)c(CN3CCNC3=O)sc2n(CCOC)c1=O. The monoisotopic (exact) mass is 392 g/mol. The molecule has 1 fully saturated rings. The lowest BCUT2D eigenvalue weighted by atomic mass is 10.2. The number of hydrogen-bond acceptors (Lipinski definition) is 5. The Morgan fingerprint density at radius 3 is 2.67 bits per heavy atom. The van der Waals surface area contributed by atoms with E-state index in [1.807, 2.05) is 6.92 Å². The Morgan fingerprint density at radius 2 is 2.04 bits per heavy atom. The number of nitrogens with zero attached hydrogens (tertiary/aromatic N) is 3. The second-order valence-corrected chi connectivity index (χ2v) is 7.53. The number of carbonyl (C=O) groups is 1. The zero-order valence-corrected chi connectivity index (χ0v) is 16.4. The van der Waals surface area contributed by atoms with Gasteiger partial charge in [0.05, 0.1) is 25.1 Å². The number of aryl methyl sites for hydroxylation is 1. The third-order valence-corrected chi connectivity index (χ3v) is 6.05. The predicted octanol–water partition coefficient (Wildman–Crippen LogP) is 1.28. The van der Waals surface area contributed by atoms with Crippen molar-refractivity contribution >= 4 is 27.6 Å². The zero-order chi connectivity index (χ0) is 19.6. The molecule has 1 saturated heterocycles. The van der Waals surface area contributed by atoms with E-state index in [0.29, 0.717) is 56.0 Å². The van der Waals surface area contributed by atoms with E-state index < -0.39 is 0 Å². The molecule has 2 aromatic heterocycles. The van der Waals surface area contributed by atoms with E-state index in [1.165, 1.54) is 15.9 Å². The molecule has 8 nitrogen and oxygen atoms in total. The number of urea groups is 1. The number of allylic oxidation sites excluding steroid dienone is 1. The van der Waals surface area contributed by atoms with Gasteiger partial charge in [0.2, 0.25) is 0 Å². The minimum Gasteiger partial charge on any atom is -0.383 e. The summed E-state index contributed by atoms with van der Waals surface area (Å²) in [6.07, 6.45) is 2.22. The largest absolute Gasteiger partial charge is 0.383 e. The Bertz CT molecular complexity index is 988. The summed E-state index contributed by atoms with van der Waals surface area (Å²) in [4.78, 5) is 41.1. The number of carbonyl (C=O) groups excluding carboxylic acids is 1. The second-order valence-electron chi connectivity index (χ2n) is 6.45.